The van der Waals surface area contributed by atoms with Crippen LogP contribution in [0.25, 0.3) is 33.3 Å². The van der Waals surface area contributed by atoms with E-state index in [1.54, 1.807) is 24.4 Å². The van der Waals surface area contributed by atoms with Gasteiger partial charge >= 0.3 is 0 Å². The summed E-state index contributed by atoms with van der Waals surface area (Å²) in [5.41, 5.74) is 10.6. The van der Waals surface area contributed by atoms with Crippen molar-refractivity contribution < 1.29 is 9.90 Å². The van der Waals surface area contributed by atoms with Gasteiger partial charge in [0.05, 0.1) is 6.10 Å². The number of carbonyl (C=O) groups is 1. The second-order valence-corrected chi connectivity index (χ2v) is 11.1. The highest BCUT2D eigenvalue weighted by molar-refractivity contribution is 5.98. The highest BCUT2D eigenvalue weighted by atomic mass is 16.3. The average Bonchev–Trinajstić information content (AvgIpc) is 3.35. The van der Waals surface area contributed by atoms with E-state index < -0.39 is 6.10 Å². The number of aliphatic hydroxyl groups is 1. The number of hydrogen-bond donors (Lipinski definition) is 2. The van der Waals surface area contributed by atoms with Gasteiger partial charge < -0.3 is 15.0 Å². The Morgan fingerprint density at radius 3 is 2.71 bits per heavy atom. The Bertz CT molecular complexity index is 1490. The summed E-state index contributed by atoms with van der Waals surface area (Å²) in [5, 5.41) is 10.7. The molecule has 6 rings (SSSR count). The van der Waals surface area contributed by atoms with Gasteiger partial charge in [0.15, 0.2) is 0 Å². The molecule has 1 aliphatic carbocycles. The molecule has 6 nitrogen and oxygen atoms in total. The van der Waals surface area contributed by atoms with Crippen LogP contribution in [0.5, 0.6) is 0 Å². The number of rotatable bonds is 6. The number of nitrogens with one attached hydrogen (secondary N) is 1. The number of hydrogen-bond acceptors (Lipinski definition) is 4. The van der Waals surface area contributed by atoms with Gasteiger partial charge in [-0.3, -0.25) is 9.69 Å². The second kappa shape index (κ2) is 10.0. The number of aryl methyl sites for hydroxylation is 1. The number of nitrogens with zero attached hydrogens (tertiary/aromatic N) is 3. The molecule has 0 spiro atoms. The largest absolute Gasteiger partial charge is 0.392 e. The van der Waals surface area contributed by atoms with Crippen LogP contribution in [0.4, 0.5) is 0 Å². The summed E-state index contributed by atoms with van der Waals surface area (Å²) in [5.74, 6) is 0.579. The molecule has 4 aromatic rings. The van der Waals surface area contributed by atoms with Gasteiger partial charge in [-0.05, 0) is 90.7 Å². The summed E-state index contributed by atoms with van der Waals surface area (Å²) in [6.45, 7) is 7.57. The molecule has 0 bridgehead atoms. The molecule has 1 aliphatic heterocycles. The first kappa shape index (κ1) is 24.8. The van der Waals surface area contributed by atoms with Crippen molar-refractivity contribution in [1.82, 2.24) is 19.8 Å². The number of aromatic amines is 1. The van der Waals surface area contributed by atoms with E-state index in [0.29, 0.717) is 18.0 Å². The summed E-state index contributed by atoms with van der Waals surface area (Å²) in [4.78, 5) is 24.9. The van der Waals surface area contributed by atoms with E-state index in [-0.39, 0.29) is 5.91 Å². The SMILES string of the molecule is CCN1Cc2cc(-c3cnc4[nH]cc(-c5ccc(C(=O)N(C)C[C@H](C)O)cc5)c4c3)cc3c2C(CCC3)C1. The third-order valence-corrected chi connectivity index (χ3v) is 8.27. The number of fused-ring (bicyclic) bond motifs is 1. The Kier molecular flexibility index (Phi) is 6.54. The second-order valence-electron chi connectivity index (χ2n) is 11.1. The highest BCUT2D eigenvalue weighted by Gasteiger charge is 2.30. The molecule has 0 saturated carbocycles. The van der Waals surface area contributed by atoms with E-state index in [0.717, 1.165) is 40.8 Å². The predicted octanol–water partition coefficient (Wildman–Crippen LogP) is 5.61. The smallest absolute Gasteiger partial charge is 0.253 e. The number of pyridine rings is 1. The van der Waals surface area contributed by atoms with Gasteiger partial charge in [-0.1, -0.05) is 25.1 Å². The maximum absolute atomic E-state index is 12.7. The highest BCUT2D eigenvalue weighted by Crippen LogP contribution is 2.41. The van der Waals surface area contributed by atoms with Crippen molar-refractivity contribution in [2.45, 2.75) is 51.7 Å². The molecular formula is C32H36N4O2. The fourth-order valence-corrected chi connectivity index (χ4v) is 6.42. The van der Waals surface area contributed by atoms with Crippen molar-refractivity contribution in [2.75, 3.05) is 26.7 Å². The van der Waals surface area contributed by atoms with E-state index in [4.69, 9.17) is 4.98 Å². The van der Waals surface area contributed by atoms with Gasteiger partial charge in [0, 0.05) is 61.2 Å². The molecule has 3 heterocycles. The molecule has 1 unspecified atom stereocenters. The average molecular weight is 509 g/mol. The van der Waals surface area contributed by atoms with Gasteiger partial charge in [-0.15, -0.1) is 0 Å². The first-order valence-corrected chi connectivity index (χ1v) is 13.8. The maximum atomic E-state index is 12.7. The van der Waals surface area contributed by atoms with Crippen molar-refractivity contribution in [2.24, 2.45) is 0 Å². The summed E-state index contributed by atoms with van der Waals surface area (Å²) in [6.07, 6.45) is 7.16. The van der Waals surface area contributed by atoms with Gasteiger partial charge in [-0.25, -0.2) is 4.98 Å². The van der Waals surface area contributed by atoms with E-state index in [9.17, 15) is 9.90 Å². The fraction of sp³-hybridized carbons (Fsp3) is 0.375. The third kappa shape index (κ3) is 4.52. The molecular weight excluding hydrogens is 472 g/mol. The van der Waals surface area contributed by atoms with Crippen LogP contribution in [-0.2, 0) is 13.0 Å². The normalized spacial score (nSPS) is 17.8. The van der Waals surface area contributed by atoms with Gasteiger partial charge in [0.1, 0.15) is 5.65 Å². The minimum Gasteiger partial charge on any atom is -0.392 e. The van der Waals surface area contributed by atoms with Crippen LogP contribution in [0.1, 0.15) is 59.7 Å². The number of carbonyl (C=O) groups excluding carboxylic acids is 1. The zero-order valence-electron chi connectivity index (χ0n) is 22.5. The number of amides is 1. The zero-order chi connectivity index (χ0) is 26.4. The Balaban J connectivity index is 1.34. The molecule has 1 amide bonds. The van der Waals surface area contributed by atoms with Crippen molar-refractivity contribution in [3.8, 4) is 22.3 Å². The zero-order valence-corrected chi connectivity index (χ0v) is 22.5. The quantitative estimate of drug-likeness (QED) is 0.355. The van der Waals surface area contributed by atoms with Crippen LogP contribution < -0.4 is 0 Å². The third-order valence-electron chi connectivity index (χ3n) is 8.27. The molecule has 2 N–H and O–H groups in total. The molecule has 38 heavy (non-hydrogen) atoms. The van der Waals surface area contributed by atoms with Crippen LogP contribution in [-0.4, -0.2) is 63.6 Å². The standard InChI is InChI=1S/C32H36N4O2/c1-4-36-18-24-7-5-6-23-12-25(13-27(19-36)30(23)24)26-14-28-29(16-34-31(28)33-15-26)21-8-10-22(11-9-21)32(38)35(3)17-20(2)37/h8-16,20,24,37H,4-7,17-19H2,1-3H3,(H,33,34)/t20-,24?/m0/s1. The molecule has 2 atom stereocenters. The molecule has 6 heteroatoms. The van der Waals surface area contributed by atoms with Crippen molar-refractivity contribution in [1.29, 1.82) is 0 Å². The number of aliphatic hydroxyl groups excluding tert-OH is 1. The molecule has 2 aliphatic rings. The molecule has 196 valence electrons. The molecule has 0 fully saturated rings. The first-order valence-electron chi connectivity index (χ1n) is 13.8. The lowest BCUT2D eigenvalue weighted by atomic mass is 9.76. The van der Waals surface area contributed by atoms with Crippen molar-refractivity contribution in [3.05, 3.63) is 77.1 Å². The number of benzene rings is 2. The van der Waals surface area contributed by atoms with Crippen LogP contribution in [0.3, 0.4) is 0 Å². The molecule has 2 aromatic heterocycles. The Morgan fingerprint density at radius 2 is 1.95 bits per heavy atom. The first-order chi connectivity index (χ1) is 18.4. The van der Waals surface area contributed by atoms with E-state index in [1.807, 2.05) is 36.7 Å². The number of H-pyrrole nitrogens is 1. The van der Waals surface area contributed by atoms with E-state index in [1.165, 1.54) is 42.5 Å². The summed E-state index contributed by atoms with van der Waals surface area (Å²) < 4.78 is 0. The number of aromatic nitrogens is 2. The minimum absolute atomic E-state index is 0.0967. The van der Waals surface area contributed by atoms with Gasteiger partial charge in [0.25, 0.3) is 5.91 Å². The lowest BCUT2D eigenvalue weighted by Crippen LogP contribution is -2.35. The predicted molar refractivity (Wildman–Crippen MR) is 152 cm³/mol. The van der Waals surface area contributed by atoms with Gasteiger partial charge in [0.2, 0.25) is 0 Å². The molecule has 0 radical (unpaired) electrons. The van der Waals surface area contributed by atoms with Crippen LogP contribution in [0.15, 0.2) is 54.9 Å². The summed E-state index contributed by atoms with van der Waals surface area (Å²) in [6, 6.07) is 14.7. The topological polar surface area (TPSA) is 72.5 Å². The summed E-state index contributed by atoms with van der Waals surface area (Å²) in [7, 11) is 1.71. The molecule has 2 aromatic carbocycles. The number of likely N-dealkylation sites (N-methyl/N-ethyl adjacent to an activating group) is 2. The monoisotopic (exact) mass is 508 g/mol. The lowest BCUT2D eigenvalue weighted by molar-refractivity contribution is 0.0703. The Labute approximate surface area is 224 Å². The molecule has 0 saturated heterocycles. The lowest BCUT2D eigenvalue weighted by Gasteiger charge is -2.38. The van der Waals surface area contributed by atoms with E-state index in [2.05, 4.69) is 35.0 Å². The van der Waals surface area contributed by atoms with Crippen LogP contribution >= 0.6 is 0 Å². The minimum atomic E-state index is -0.558. The fourth-order valence-electron chi connectivity index (χ4n) is 6.42. The van der Waals surface area contributed by atoms with Crippen molar-refractivity contribution in [3.63, 3.8) is 0 Å². The van der Waals surface area contributed by atoms with Crippen LogP contribution in [0, 0.1) is 0 Å². The summed E-state index contributed by atoms with van der Waals surface area (Å²) >= 11 is 0. The Hall–Kier alpha value is -3.48. The van der Waals surface area contributed by atoms with E-state index >= 15 is 0 Å². The maximum Gasteiger partial charge on any atom is 0.253 e. The van der Waals surface area contributed by atoms with Crippen molar-refractivity contribution >= 4 is 16.9 Å². The van der Waals surface area contributed by atoms with Crippen LogP contribution in [0.2, 0.25) is 0 Å². The Morgan fingerprint density at radius 1 is 1.16 bits per heavy atom. The van der Waals surface area contributed by atoms with Gasteiger partial charge in [-0.2, -0.15) is 0 Å².